The maximum Gasteiger partial charge on any atom is 0.305 e. The van der Waals surface area contributed by atoms with Crippen molar-refractivity contribution in [3.05, 3.63) is 0 Å². The Morgan fingerprint density at radius 1 is 1.06 bits per heavy atom. The number of hydrogen-bond donors (Lipinski definition) is 2. The maximum atomic E-state index is 10.8. The zero-order valence-corrected chi connectivity index (χ0v) is 11.0. The van der Waals surface area contributed by atoms with Gasteiger partial charge in [-0.05, 0) is 19.3 Å². The summed E-state index contributed by atoms with van der Waals surface area (Å²) in [5.41, 5.74) is 0. The number of hydrogen-bond acceptors (Lipinski definition) is 4. The lowest BCUT2D eigenvalue weighted by molar-refractivity contribution is -0.140. The van der Waals surface area contributed by atoms with Gasteiger partial charge in [-0.25, -0.2) is 0 Å². The molecule has 102 valence electrons. The Kier molecular flexibility index (Phi) is 10.2. The molecule has 0 radical (unpaired) electrons. The summed E-state index contributed by atoms with van der Waals surface area (Å²) in [5.74, 6) is -0.147. The van der Waals surface area contributed by atoms with Crippen LogP contribution < -0.4 is 0 Å². The molecule has 4 heteroatoms. The standard InChI is InChI=1S/C13H26O4/c1-3-11(14)12(15)9-7-5-4-6-8-10-13(16)17-2/h11-12,14-15H,3-10H2,1-2H3/t11-,12+/m0/s1. The minimum absolute atomic E-state index is 0.147. The van der Waals surface area contributed by atoms with E-state index >= 15 is 0 Å². The lowest BCUT2D eigenvalue weighted by atomic mass is 10.0. The quantitative estimate of drug-likeness (QED) is 0.457. The van der Waals surface area contributed by atoms with Crippen LogP contribution in [0.3, 0.4) is 0 Å². The van der Waals surface area contributed by atoms with Crippen molar-refractivity contribution in [3.8, 4) is 0 Å². The Labute approximate surface area is 104 Å². The molecule has 17 heavy (non-hydrogen) atoms. The van der Waals surface area contributed by atoms with Crippen LogP contribution >= 0.6 is 0 Å². The molecule has 0 aliphatic heterocycles. The lowest BCUT2D eigenvalue weighted by Crippen LogP contribution is -2.24. The number of aliphatic hydroxyl groups is 2. The molecule has 0 amide bonds. The first-order valence-corrected chi connectivity index (χ1v) is 6.54. The van der Waals surface area contributed by atoms with Gasteiger partial charge in [-0.2, -0.15) is 0 Å². The van der Waals surface area contributed by atoms with Gasteiger partial charge in [0, 0.05) is 6.42 Å². The number of unbranched alkanes of at least 4 members (excludes halogenated alkanes) is 4. The molecular weight excluding hydrogens is 220 g/mol. The molecule has 0 unspecified atom stereocenters. The molecule has 0 aliphatic carbocycles. The molecule has 0 aliphatic rings. The SMILES string of the molecule is CC[C@H](O)[C@H](O)CCCCCCCC(=O)OC. The second-order valence-electron chi connectivity index (χ2n) is 4.43. The predicted molar refractivity (Wildman–Crippen MR) is 66.6 cm³/mol. The van der Waals surface area contributed by atoms with Crippen molar-refractivity contribution in [1.29, 1.82) is 0 Å². The molecule has 0 heterocycles. The summed E-state index contributed by atoms with van der Waals surface area (Å²) in [6.45, 7) is 1.86. The van der Waals surface area contributed by atoms with Crippen LogP contribution in [0.2, 0.25) is 0 Å². The average molecular weight is 246 g/mol. The summed E-state index contributed by atoms with van der Waals surface area (Å²) in [7, 11) is 1.41. The van der Waals surface area contributed by atoms with Gasteiger partial charge < -0.3 is 14.9 Å². The van der Waals surface area contributed by atoms with Gasteiger partial charge in [0.15, 0.2) is 0 Å². The van der Waals surface area contributed by atoms with Gasteiger partial charge in [-0.3, -0.25) is 4.79 Å². The van der Waals surface area contributed by atoms with Gasteiger partial charge in [-0.15, -0.1) is 0 Å². The number of aliphatic hydroxyl groups excluding tert-OH is 2. The van der Waals surface area contributed by atoms with Crippen molar-refractivity contribution in [2.45, 2.75) is 70.5 Å². The highest BCUT2D eigenvalue weighted by Gasteiger charge is 2.12. The van der Waals surface area contributed by atoms with E-state index in [0.29, 0.717) is 19.3 Å². The van der Waals surface area contributed by atoms with Crippen molar-refractivity contribution in [1.82, 2.24) is 0 Å². The highest BCUT2D eigenvalue weighted by molar-refractivity contribution is 5.68. The molecule has 0 aromatic carbocycles. The van der Waals surface area contributed by atoms with Crippen molar-refractivity contribution < 1.29 is 19.7 Å². The second kappa shape index (κ2) is 10.5. The molecule has 0 saturated carbocycles. The summed E-state index contributed by atoms with van der Waals surface area (Å²) in [4.78, 5) is 10.8. The zero-order chi connectivity index (χ0) is 13.1. The van der Waals surface area contributed by atoms with Crippen LogP contribution in [-0.4, -0.2) is 35.5 Å². The Balaban J connectivity index is 3.26. The van der Waals surface area contributed by atoms with E-state index in [0.717, 1.165) is 32.1 Å². The van der Waals surface area contributed by atoms with Gasteiger partial charge in [0.1, 0.15) is 0 Å². The molecular formula is C13H26O4. The van der Waals surface area contributed by atoms with E-state index in [9.17, 15) is 15.0 Å². The molecule has 0 rings (SSSR count). The van der Waals surface area contributed by atoms with Gasteiger partial charge >= 0.3 is 5.97 Å². The fourth-order valence-electron chi connectivity index (χ4n) is 1.72. The van der Waals surface area contributed by atoms with Crippen LogP contribution in [0.1, 0.15) is 58.3 Å². The second-order valence-corrected chi connectivity index (χ2v) is 4.43. The van der Waals surface area contributed by atoms with Crippen molar-refractivity contribution in [3.63, 3.8) is 0 Å². The number of carbonyl (C=O) groups excluding carboxylic acids is 1. The van der Waals surface area contributed by atoms with Crippen molar-refractivity contribution in [2.24, 2.45) is 0 Å². The topological polar surface area (TPSA) is 66.8 Å². The minimum Gasteiger partial charge on any atom is -0.469 e. The first-order valence-electron chi connectivity index (χ1n) is 6.54. The van der Waals surface area contributed by atoms with E-state index in [2.05, 4.69) is 4.74 Å². The molecule has 2 atom stereocenters. The third-order valence-corrected chi connectivity index (χ3v) is 2.97. The van der Waals surface area contributed by atoms with E-state index in [1.807, 2.05) is 6.92 Å². The van der Waals surface area contributed by atoms with Crippen molar-refractivity contribution in [2.75, 3.05) is 7.11 Å². The predicted octanol–water partition coefficient (Wildman–Crippen LogP) is 2.02. The largest absolute Gasteiger partial charge is 0.469 e. The maximum absolute atomic E-state index is 10.8. The molecule has 0 saturated heterocycles. The third kappa shape index (κ3) is 9.12. The summed E-state index contributed by atoms with van der Waals surface area (Å²) in [6, 6.07) is 0. The number of esters is 1. The Bertz CT molecular complexity index is 194. The van der Waals surface area contributed by atoms with Crippen LogP contribution in [0.5, 0.6) is 0 Å². The Morgan fingerprint density at radius 3 is 2.24 bits per heavy atom. The van der Waals surface area contributed by atoms with Gasteiger partial charge in [-0.1, -0.05) is 32.6 Å². The molecule has 0 fully saturated rings. The first-order chi connectivity index (χ1) is 8.11. The average Bonchev–Trinajstić information content (AvgIpc) is 2.35. The summed E-state index contributed by atoms with van der Waals surface area (Å²) >= 11 is 0. The Morgan fingerprint density at radius 2 is 1.65 bits per heavy atom. The summed E-state index contributed by atoms with van der Waals surface area (Å²) in [5, 5.41) is 18.9. The first kappa shape index (κ1) is 16.4. The summed E-state index contributed by atoms with van der Waals surface area (Å²) < 4.78 is 4.55. The highest BCUT2D eigenvalue weighted by atomic mass is 16.5. The smallest absolute Gasteiger partial charge is 0.305 e. The molecule has 0 bridgehead atoms. The highest BCUT2D eigenvalue weighted by Crippen LogP contribution is 2.11. The zero-order valence-electron chi connectivity index (χ0n) is 11.0. The molecule has 2 N–H and O–H groups in total. The fraction of sp³-hybridized carbons (Fsp3) is 0.923. The van der Waals surface area contributed by atoms with E-state index in [1.165, 1.54) is 7.11 Å². The van der Waals surface area contributed by atoms with E-state index < -0.39 is 12.2 Å². The number of ether oxygens (including phenoxy) is 1. The van der Waals surface area contributed by atoms with Gasteiger partial charge in [0.05, 0.1) is 19.3 Å². The third-order valence-electron chi connectivity index (χ3n) is 2.97. The lowest BCUT2D eigenvalue weighted by Gasteiger charge is -2.15. The number of rotatable bonds is 10. The van der Waals surface area contributed by atoms with Gasteiger partial charge in [0.25, 0.3) is 0 Å². The van der Waals surface area contributed by atoms with Crippen molar-refractivity contribution >= 4 is 5.97 Å². The normalized spacial score (nSPS) is 14.4. The number of carbonyl (C=O) groups is 1. The van der Waals surface area contributed by atoms with E-state index in [-0.39, 0.29) is 5.97 Å². The minimum atomic E-state index is -0.589. The molecule has 0 aromatic rings. The molecule has 0 spiro atoms. The fourth-order valence-corrected chi connectivity index (χ4v) is 1.72. The number of methoxy groups -OCH3 is 1. The molecule has 0 aromatic heterocycles. The molecule has 4 nitrogen and oxygen atoms in total. The van der Waals surface area contributed by atoms with Crippen LogP contribution in [0, 0.1) is 0 Å². The summed E-state index contributed by atoms with van der Waals surface area (Å²) in [6.07, 6.45) is 5.48. The van der Waals surface area contributed by atoms with E-state index in [1.54, 1.807) is 0 Å². The van der Waals surface area contributed by atoms with Crippen LogP contribution in [0.15, 0.2) is 0 Å². The van der Waals surface area contributed by atoms with Crippen LogP contribution in [-0.2, 0) is 9.53 Å². The van der Waals surface area contributed by atoms with Gasteiger partial charge in [0.2, 0.25) is 0 Å². The van der Waals surface area contributed by atoms with Crippen LogP contribution in [0.25, 0.3) is 0 Å². The monoisotopic (exact) mass is 246 g/mol. The Hall–Kier alpha value is -0.610. The van der Waals surface area contributed by atoms with Crippen LogP contribution in [0.4, 0.5) is 0 Å². The van der Waals surface area contributed by atoms with E-state index in [4.69, 9.17) is 0 Å².